The van der Waals surface area contributed by atoms with E-state index < -0.39 is 11.9 Å². The number of ether oxygens (including phenoxy) is 1. The van der Waals surface area contributed by atoms with Gasteiger partial charge in [-0.3, -0.25) is 14.5 Å². The van der Waals surface area contributed by atoms with E-state index in [9.17, 15) is 14.7 Å². The van der Waals surface area contributed by atoms with Crippen molar-refractivity contribution < 1.29 is 19.4 Å². The fourth-order valence-corrected chi connectivity index (χ4v) is 5.72. The molecule has 3 N–H and O–H groups in total. The van der Waals surface area contributed by atoms with Crippen molar-refractivity contribution in [2.24, 2.45) is 17.1 Å². The van der Waals surface area contributed by atoms with Crippen molar-refractivity contribution in [2.45, 2.75) is 65.3 Å². The van der Waals surface area contributed by atoms with E-state index in [1.807, 2.05) is 30.0 Å². The van der Waals surface area contributed by atoms with E-state index in [1.54, 1.807) is 0 Å². The lowest BCUT2D eigenvalue weighted by Gasteiger charge is -2.34. The Kier molecular flexibility index (Phi) is 9.36. The number of hydrogen-bond acceptors (Lipinski definition) is 5. The van der Waals surface area contributed by atoms with Crippen LogP contribution < -0.4 is 10.5 Å². The van der Waals surface area contributed by atoms with E-state index in [0.717, 1.165) is 36.1 Å². The molecule has 3 rings (SSSR count). The minimum Gasteiger partial charge on any atom is -0.493 e. The summed E-state index contributed by atoms with van der Waals surface area (Å²) in [5, 5.41) is 10.4. The second-order valence-electron chi connectivity index (χ2n) is 10.6. The highest BCUT2D eigenvalue weighted by molar-refractivity contribution is 5.79. The smallest absolute Gasteiger partial charge is 0.308 e. The maximum Gasteiger partial charge on any atom is 0.308 e. The van der Waals surface area contributed by atoms with Crippen molar-refractivity contribution in [1.82, 2.24) is 9.80 Å². The summed E-state index contributed by atoms with van der Waals surface area (Å²) in [6, 6.07) is 5.84. The van der Waals surface area contributed by atoms with Crippen LogP contribution in [-0.4, -0.2) is 72.2 Å². The minimum absolute atomic E-state index is 0.0323. The van der Waals surface area contributed by atoms with Crippen molar-refractivity contribution in [3.63, 3.8) is 0 Å². The molecule has 1 fully saturated rings. The molecule has 0 aromatic heterocycles. The highest BCUT2D eigenvalue weighted by Gasteiger charge is 2.48. The predicted molar refractivity (Wildman–Crippen MR) is 139 cm³/mol. The van der Waals surface area contributed by atoms with Crippen molar-refractivity contribution in [3.8, 4) is 5.75 Å². The summed E-state index contributed by atoms with van der Waals surface area (Å²) in [6.07, 6.45) is 7.60. The number of carboxylic acid groups (broad SMARTS) is 1. The lowest BCUT2D eigenvalue weighted by atomic mass is 9.77. The van der Waals surface area contributed by atoms with Gasteiger partial charge in [-0.2, -0.15) is 0 Å². The van der Waals surface area contributed by atoms with Crippen molar-refractivity contribution in [1.29, 1.82) is 0 Å². The molecular formula is C28H43N3O4. The molecular weight excluding hydrogens is 442 g/mol. The fourth-order valence-electron chi connectivity index (χ4n) is 5.72. The Balaban J connectivity index is 1.92. The number of unbranched alkanes of at least 4 members (excludes halogenated alkanes) is 1. The van der Waals surface area contributed by atoms with Crippen LogP contribution in [0.5, 0.6) is 5.75 Å². The molecule has 2 aliphatic heterocycles. The normalized spacial score (nSPS) is 22.4. The Morgan fingerprint density at radius 1 is 1.31 bits per heavy atom. The quantitative estimate of drug-likeness (QED) is 0.439. The summed E-state index contributed by atoms with van der Waals surface area (Å²) < 4.78 is 5.66. The van der Waals surface area contributed by atoms with Crippen LogP contribution in [0.3, 0.4) is 0 Å². The number of aliphatic carboxylic acids is 1. The van der Waals surface area contributed by atoms with Crippen molar-refractivity contribution in [3.05, 3.63) is 41.5 Å². The molecule has 0 radical (unpaired) electrons. The molecule has 2 aliphatic rings. The van der Waals surface area contributed by atoms with Gasteiger partial charge in [0.1, 0.15) is 5.75 Å². The first-order valence-electron chi connectivity index (χ1n) is 13.0. The first kappa shape index (κ1) is 27.2. The van der Waals surface area contributed by atoms with Gasteiger partial charge in [0.25, 0.3) is 0 Å². The molecule has 0 aliphatic carbocycles. The van der Waals surface area contributed by atoms with Gasteiger partial charge in [0.2, 0.25) is 5.91 Å². The SMILES string of the molecule is C/C=C/C(C)(C)CC1C(C(=O)O)C(c2ccc3c(c2)CCO3)CN1CC(=O)N(CCN)CCCC. The fraction of sp³-hybridized carbons (Fsp3) is 0.643. The van der Waals surface area contributed by atoms with Gasteiger partial charge in [-0.15, -0.1) is 0 Å². The summed E-state index contributed by atoms with van der Waals surface area (Å²) in [6.45, 7) is 11.4. The number of allylic oxidation sites excluding steroid dienone is 2. The zero-order chi connectivity index (χ0) is 25.6. The third-order valence-electron chi connectivity index (χ3n) is 7.40. The first-order valence-corrected chi connectivity index (χ1v) is 13.0. The molecule has 3 unspecified atom stereocenters. The Morgan fingerprint density at radius 2 is 2.09 bits per heavy atom. The summed E-state index contributed by atoms with van der Waals surface area (Å²) >= 11 is 0. The van der Waals surface area contributed by atoms with Gasteiger partial charge < -0.3 is 20.5 Å². The Hall–Kier alpha value is -2.38. The van der Waals surface area contributed by atoms with Gasteiger partial charge in [0, 0.05) is 44.6 Å². The number of carbonyl (C=O) groups is 2. The molecule has 0 bridgehead atoms. The number of amides is 1. The standard InChI is InChI=1S/C28H43N3O4/c1-5-7-13-30(14-12-29)25(32)19-31-18-22(20-8-9-24-21(16-20)10-15-35-24)26(27(33)34)23(31)17-28(3,4)11-6-2/h6,8-9,11,16,22-23,26H,5,7,10,12-15,17-19,29H2,1-4H3,(H,33,34)/b11-6+. The molecule has 7 nitrogen and oxygen atoms in total. The van der Waals surface area contributed by atoms with Crippen LogP contribution in [0.15, 0.2) is 30.4 Å². The van der Waals surface area contributed by atoms with Gasteiger partial charge in [-0.25, -0.2) is 0 Å². The molecule has 7 heteroatoms. The maximum atomic E-state index is 13.4. The molecule has 1 aromatic rings. The van der Waals surface area contributed by atoms with Crippen LogP contribution in [0.4, 0.5) is 0 Å². The second kappa shape index (κ2) is 12.0. The van der Waals surface area contributed by atoms with E-state index in [2.05, 4.69) is 37.8 Å². The molecule has 3 atom stereocenters. The zero-order valence-electron chi connectivity index (χ0n) is 21.8. The average Bonchev–Trinajstić information content (AvgIpc) is 3.40. The molecule has 0 saturated carbocycles. The predicted octanol–water partition coefficient (Wildman–Crippen LogP) is 3.67. The number of hydrogen-bond donors (Lipinski definition) is 2. The second-order valence-corrected chi connectivity index (χ2v) is 10.6. The highest BCUT2D eigenvalue weighted by atomic mass is 16.5. The van der Waals surface area contributed by atoms with Crippen LogP contribution in [-0.2, 0) is 16.0 Å². The lowest BCUT2D eigenvalue weighted by Crippen LogP contribution is -2.46. The van der Waals surface area contributed by atoms with E-state index in [4.69, 9.17) is 10.5 Å². The van der Waals surface area contributed by atoms with E-state index in [0.29, 0.717) is 39.2 Å². The number of carbonyl (C=O) groups excluding carboxylic acids is 1. The van der Waals surface area contributed by atoms with Gasteiger partial charge >= 0.3 is 5.97 Å². The lowest BCUT2D eigenvalue weighted by molar-refractivity contribution is -0.144. The number of fused-ring (bicyclic) bond motifs is 1. The molecule has 1 aromatic carbocycles. The monoisotopic (exact) mass is 485 g/mol. The largest absolute Gasteiger partial charge is 0.493 e. The number of rotatable bonds is 12. The van der Waals surface area contributed by atoms with E-state index in [1.165, 1.54) is 0 Å². The van der Waals surface area contributed by atoms with Crippen LogP contribution in [0.1, 0.15) is 64.0 Å². The number of nitrogens with two attached hydrogens (primary N) is 1. The number of benzene rings is 1. The summed E-state index contributed by atoms with van der Waals surface area (Å²) in [5.41, 5.74) is 7.77. The highest BCUT2D eigenvalue weighted by Crippen LogP contribution is 2.43. The molecule has 35 heavy (non-hydrogen) atoms. The Labute approximate surface area is 210 Å². The van der Waals surface area contributed by atoms with E-state index >= 15 is 0 Å². The van der Waals surface area contributed by atoms with Crippen LogP contribution in [0.25, 0.3) is 0 Å². The average molecular weight is 486 g/mol. The summed E-state index contributed by atoms with van der Waals surface area (Å²) in [4.78, 5) is 30.0. The summed E-state index contributed by atoms with van der Waals surface area (Å²) in [5.74, 6) is -0.648. The molecule has 2 heterocycles. The van der Waals surface area contributed by atoms with Crippen LogP contribution >= 0.6 is 0 Å². The third kappa shape index (κ3) is 6.64. The van der Waals surface area contributed by atoms with Gasteiger partial charge in [0.15, 0.2) is 0 Å². The summed E-state index contributed by atoms with van der Waals surface area (Å²) in [7, 11) is 0. The van der Waals surface area contributed by atoms with Crippen LogP contribution in [0.2, 0.25) is 0 Å². The third-order valence-corrected chi connectivity index (χ3v) is 7.40. The number of nitrogens with zero attached hydrogens (tertiary/aromatic N) is 2. The van der Waals surface area contributed by atoms with Crippen molar-refractivity contribution in [2.75, 3.05) is 39.3 Å². The molecule has 0 spiro atoms. The number of carboxylic acids is 1. The Bertz CT molecular complexity index is 913. The Morgan fingerprint density at radius 3 is 2.74 bits per heavy atom. The minimum atomic E-state index is -0.798. The zero-order valence-corrected chi connectivity index (χ0v) is 21.8. The topological polar surface area (TPSA) is 96.1 Å². The first-order chi connectivity index (χ1) is 16.7. The van der Waals surface area contributed by atoms with Crippen LogP contribution in [0, 0.1) is 11.3 Å². The van der Waals surface area contributed by atoms with Gasteiger partial charge in [0.05, 0.1) is 19.1 Å². The van der Waals surface area contributed by atoms with Gasteiger partial charge in [-0.1, -0.05) is 51.5 Å². The molecule has 1 amide bonds. The maximum absolute atomic E-state index is 13.4. The van der Waals surface area contributed by atoms with E-state index in [-0.39, 0.29) is 29.8 Å². The number of likely N-dealkylation sites (tertiary alicyclic amines) is 1. The molecule has 1 saturated heterocycles. The van der Waals surface area contributed by atoms with Crippen molar-refractivity contribution >= 4 is 11.9 Å². The van der Waals surface area contributed by atoms with Gasteiger partial charge in [-0.05, 0) is 42.4 Å². The molecule has 194 valence electrons.